The second kappa shape index (κ2) is 3.70. The number of carboxylic acid groups (broad SMARTS) is 1. The Balaban J connectivity index is 2.50. The Morgan fingerprint density at radius 2 is 1.93 bits per heavy atom. The van der Waals surface area contributed by atoms with Crippen molar-refractivity contribution in [3.05, 3.63) is 35.3 Å². The second-order valence-electron chi connectivity index (χ2n) is 2.84. The monoisotopic (exact) mass is 221 g/mol. The van der Waals surface area contributed by atoms with E-state index in [0.717, 1.165) is 11.3 Å². The molecule has 0 aliphatic heterocycles. The molecule has 0 amide bonds. The fourth-order valence-electron chi connectivity index (χ4n) is 1.19. The lowest BCUT2D eigenvalue weighted by atomic mass is 10.2. The molecule has 1 aromatic heterocycles. The topological polar surface area (TPSA) is 70.4 Å². The van der Waals surface area contributed by atoms with E-state index in [2.05, 4.69) is 4.98 Å². The Morgan fingerprint density at radius 1 is 1.27 bits per heavy atom. The Hall–Kier alpha value is -1.88. The first-order valence-corrected chi connectivity index (χ1v) is 4.98. The number of aromatic nitrogens is 1. The lowest BCUT2D eigenvalue weighted by molar-refractivity contribution is 0.0696. The number of nitrogens with zero attached hydrogens (tertiary/aromatic N) is 1. The van der Waals surface area contributed by atoms with E-state index in [1.807, 2.05) is 6.07 Å². The molecule has 4 nitrogen and oxygen atoms in total. The molecule has 0 bridgehead atoms. The van der Waals surface area contributed by atoms with Crippen LogP contribution in [0.4, 0.5) is 0 Å². The van der Waals surface area contributed by atoms with Gasteiger partial charge in [-0.3, -0.25) is 0 Å². The van der Waals surface area contributed by atoms with Crippen LogP contribution in [0.3, 0.4) is 0 Å². The van der Waals surface area contributed by atoms with Gasteiger partial charge in [-0.25, -0.2) is 9.78 Å². The average Bonchev–Trinajstić information content (AvgIpc) is 2.62. The molecule has 0 radical (unpaired) electrons. The van der Waals surface area contributed by atoms with Gasteiger partial charge in [0.25, 0.3) is 0 Å². The minimum atomic E-state index is -1.13. The number of aromatic hydroxyl groups is 1. The van der Waals surface area contributed by atoms with E-state index < -0.39 is 5.97 Å². The summed E-state index contributed by atoms with van der Waals surface area (Å²) in [5.74, 6) is -1.13. The summed E-state index contributed by atoms with van der Waals surface area (Å²) >= 11 is 0.762. The smallest absolute Gasteiger partial charge is 0.365 e. The Labute approximate surface area is 89.5 Å². The van der Waals surface area contributed by atoms with Crippen LogP contribution in [0.1, 0.15) is 9.80 Å². The average molecular weight is 221 g/mol. The highest BCUT2D eigenvalue weighted by Crippen LogP contribution is 2.33. The van der Waals surface area contributed by atoms with Gasteiger partial charge >= 0.3 is 5.97 Å². The van der Waals surface area contributed by atoms with Crippen LogP contribution < -0.4 is 0 Å². The fraction of sp³-hybridized carbons (Fsp3) is 0. The minimum Gasteiger partial charge on any atom is -0.498 e. The fourth-order valence-corrected chi connectivity index (χ4v) is 1.86. The molecule has 15 heavy (non-hydrogen) atoms. The van der Waals surface area contributed by atoms with Crippen LogP contribution in [0.15, 0.2) is 30.3 Å². The number of aromatic carboxylic acids is 1. The number of carbonyl (C=O) groups is 1. The van der Waals surface area contributed by atoms with Gasteiger partial charge in [0.05, 0.1) is 0 Å². The van der Waals surface area contributed by atoms with Crippen LogP contribution >= 0.6 is 11.3 Å². The molecule has 2 aromatic rings. The molecule has 2 N–H and O–H groups in total. The van der Waals surface area contributed by atoms with Crippen LogP contribution in [-0.4, -0.2) is 21.2 Å². The van der Waals surface area contributed by atoms with Crippen LogP contribution in [0.25, 0.3) is 11.3 Å². The summed E-state index contributed by atoms with van der Waals surface area (Å²) in [5, 5.41) is 18.1. The van der Waals surface area contributed by atoms with E-state index in [4.69, 9.17) is 5.11 Å². The summed E-state index contributed by atoms with van der Waals surface area (Å²) in [5.41, 5.74) is 1.02. The van der Waals surface area contributed by atoms with Crippen LogP contribution in [0.5, 0.6) is 5.06 Å². The maximum Gasteiger partial charge on any atom is 0.365 e. The molecule has 0 atom stereocenters. The van der Waals surface area contributed by atoms with Gasteiger partial charge in [0.1, 0.15) is 5.69 Å². The molecular formula is C10H7NO3S. The van der Waals surface area contributed by atoms with Crippen molar-refractivity contribution < 1.29 is 15.0 Å². The van der Waals surface area contributed by atoms with E-state index in [9.17, 15) is 9.90 Å². The van der Waals surface area contributed by atoms with Gasteiger partial charge in [0, 0.05) is 5.56 Å². The molecule has 1 aromatic carbocycles. The maximum absolute atomic E-state index is 10.6. The third kappa shape index (κ3) is 1.82. The van der Waals surface area contributed by atoms with Crippen molar-refractivity contribution in [1.29, 1.82) is 0 Å². The highest BCUT2D eigenvalue weighted by atomic mass is 32.1. The van der Waals surface area contributed by atoms with Gasteiger partial charge in [-0.05, 0) is 0 Å². The number of hydrogen-bond donors (Lipinski definition) is 2. The summed E-state index contributed by atoms with van der Waals surface area (Å²) in [7, 11) is 0. The molecule has 0 spiro atoms. The number of thiazole rings is 1. The van der Waals surface area contributed by atoms with Gasteiger partial charge in [-0.1, -0.05) is 41.7 Å². The summed E-state index contributed by atoms with van der Waals surface area (Å²) in [6.45, 7) is 0. The molecule has 2 rings (SSSR count). The molecule has 0 fully saturated rings. The summed E-state index contributed by atoms with van der Waals surface area (Å²) in [6, 6.07) is 8.97. The third-order valence-electron chi connectivity index (χ3n) is 1.84. The highest BCUT2D eigenvalue weighted by molar-refractivity contribution is 7.15. The molecule has 0 saturated heterocycles. The van der Waals surface area contributed by atoms with Crippen molar-refractivity contribution >= 4 is 17.3 Å². The molecular weight excluding hydrogens is 214 g/mol. The SMILES string of the molecule is O=C(O)c1nc(-c2ccccc2)c(O)s1. The van der Waals surface area contributed by atoms with Crippen molar-refractivity contribution in [3.8, 4) is 16.3 Å². The van der Waals surface area contributed by atoms with E-state index in [1.165, 1.54) is 0 Å². The Morgan fingerprint density at radius 3 is 2.47 bits per heavy atom. The van der Waals surface area contributed by atoms with Gasteiger partial charge in [0.15, 0.2) is 0 Å². The number of rotatable bonds is 2. The van der Waals surface area contributed by atoms with Crippen molar-refractivity contribution in [2.45, 2.75) is 0 Å². The van der Waals surface area contributed by atoms with Gasteiger partial charge < -0.3 is 10.2 Å². The highest BCUT2D eigenvalue weighted by Gasteiger charge is 2.16. The van der Waals surface area contributed by atoms with Gasteiger partial charge in [0.2, 0.25) is 10.1 Å². The molecule has 76 valence electrons. The van der Waals surface area contributed by atoms with E-state index in [0.29, 0.717) is 11.3 Å². The summed E-state index contributed by atoms with van der Waals surface area (Å²) < 4.78 is 0. The zero-order chi connectivity index (χ0) is 10.8. The predicted molar refractivity (Wildman–Crippen MR) is 56.2 cm³/mol. The molecule has 1 heterocycles. The first-order valence-electron chi connectivity index (χ1n) is 4.17. The van der Waals surface area contributed by atoms with Gasteiger partial charge in [-0.15, -0.1) is 0 Å². The number of benzene rings is 1. The largest absolute Gasteiger partial charge is 0.498 e. The van der Waals surface area contributed by atoms with E-state index in [-0.39, 0.29) is 10.1 Å². The van der Waals surface area contributed by atoms with Gasteiger partial charge in [-0.2, -0.15) is 0 Å². The van der Waals surface area contributed by atoms with E-state index >= 15 is 0 Å². The number of carboxylic acids is 1. The molecule has 0 aliphatic carbocycles. The van der Waals surface area contributed by atoms with Crippen LogP contribution in [-0.2, 0) is 0 Å². The maximum atomic E-state index is 10.6. The molecule has 0 unspecified atom stereocenters. The Bertz CT molecular complexity index is 493. The zero-order valence-electron chi connectivity index (χ0n) is 7.54. The first-order chi connectivity index (χ1) is 7.18. The van der Waals surface area contributed by atoms with Crippen molar-refractivity contribution in [3.63, 3.8) is 0 Å². The minimum absolute atomic E-state index is 0.0707. The lowest BCUT2D eigenvalue weighted by Crippen LogP contribution is -1.94. The first kappa shape index (κ1) is 9.67. The van der Waals surface area contributed by atoms with Crippen molar-refractivity contribution in [1.82, 2.24) is 4.98 Å². The zero-order valence-corrected chi connectivity index (χ0v) is 8.36. The lowest BCUT2D eigenvalue weighted by Gasteiger charge is -1.95. The second-order valence-corrected chi connectivity index (χ2v) is 3.82. The predicted octanol–water partition coefficient (Wildman–Crippen LogP) is 2.21. The quantitative estimate of drug-likeness (QED) is 0.815. The standard InChI is InChI=1S/C10H7NO3S/c12-9(13)8-11-7(10(14)15-8)6-4-2-1-3-5-6/h1-5,14H,(H,12,13). The normalized spacial score (nSPS) is 10.1. The summed E-state index contributed by atoms with van der Waals surface area (Å²) in [6.07, 6.45) is 0. The molecule has 0 aliphatic rings. The third-order valence-corrected chi connectivity index (χ3v) is 2.69. The number of hydrogen-bond acceptors (Lipinski definition) is 4. The Kier molecular flexibility index (Phi) is 2.39. The molecule has 5 heteroatoms. The van der Waals surface area contributed by atoms with Crippen molar-refractivity contribution in [2.75, 3.05) is 0 Å². The van der Waals surface area contributed by atoms with Crippen LogP contribution in [0.2, 0.25) is 0 Å². The van der Waals surface area contributed by atoms with E-state index in [1.54, 1.807) is 24.3 Å². The van der Waals surface area contributed by atoms with Crippen LogP contribution in [0, 0.1) is 0 Å². The van der Waals surface area contributed by atoms with Crippen molar-refractivity contribution in [2.24, 2.45) is 0 Å². The molecule has 0 saturated carbocycles. The summed E-state index contributed by atoms with van der Waals surface area (Å²) in [4.78, 5) is 14.5.